The number of rotatable bonds is 4. The van der Waals surface area contributed by atoms with E-state index in [1.54, 1.807) is 0 Å². The molecule has 0 unspecified atom stereocenters. The van der Waals surface area contributed by atoms with Crippen LogP contribution >= 0.6 is 39.1 Å². The van der Waals surface area contributed by atoms with Crippen molar-refractivity contribution in [3.05, 3.63) is 38.0 Å². The predicted molar refractivity (Wildman–Crippen MR) is 78.8 cm³/mol. The number of halogens is 8. The zero-order chi connectivity index (χ0) is 18.2. The van der Waals surface area contributed by atoms with Gasteiger partial charge >= 0.3 is 12.8 Å². The van der Waals surface area contributed by atoms with Gasteiger partial charge < -0.3 is 9.84 Å². The molecule has 1 aromatic carbocycles. The summed E-state index contributed by atoms with van der Waals surface area (Å²) in [7, 11) is 0. The van der Waals surface area contributed by atoms with Crippen molar-refractivity contribution in [2.45, 2.75) is 19.4 Å². The molecular formula is C12H6BrCl2F5N2O2. The Kier molecular flexibility index (Phi) is 5.63. The summed E-state index contributed by atoms with van der Waals surface area (Å²) in [5, 5.41) is 12.1. The van der Waals surface area contributed by atoms with Gasteiger partial charge in [-0.1, -0.05) is 23.2 Å². The fourth-order valence-corrected chi connectivity index (χ4v) is 3.04. The highest BCUT2D eigenvalue weighted by Crippen LogP contribution is 2.40. The van der Waals surface area contributed by atoms with Crippen molar-refractivity contribution in [1.29, 1.82) is 0 Å². The molecule has 1 aromatic heterocycles. The fraction of sp³-hybridized carbons (Fsp3) is 0.250. The normalized spacial score (nSPS) is 12.1. The van der Waals surface area contributed by atoms with E-state index in [0.29, 0.717) is 12.1 Å². The maximum atomic E-state index is 12.7. The molecule has 0 fully saturated rings. The molecule has 0 saturated heterocycles. The van der Waals surface area contributed by atoms with Crippen molar-refractivity contribution >= 4 is 39.1 Å². The Bertz CT molecular complexity index is 744. The van der Waals surface area contributed by atoms with Gasteiger partial charge in [0.2, 0.25) is 0 Å². The van der Waals surface area contributed by atoms with Gasteiger partial charge in [0.05, 0.1) is 22.2 Å². The molecule has 0 aliphatic heterocycles. The van der Waals surface area contributed by atoms with Gasteiger partial charge in [0.15, 0.2) is 10.4 Å². The first-order chi connectivity index (χ1) is 11.1. The summed E-state index contributed by atoms with van der Waals surface area (Å²) in [6, 6.07) is 1.23. The predicted octanol–water partition coefficient (Wildman–Crippen LogP) is 5.05. The van der Waals surface area contributed by atoms with Crippen molar-refractivity contribution in [2.24, 2.45) is 0 Å². The lowest BCUT2D eigenvalue weighted by Crippen LogP contribution is -2.07. The number of hydrogen-bond donors (Lipinski definition) is 1. The monoisotopic (exact) mass is 454 g/mol. The largest absolute Gasteiger partial charge is 0.430 e. The average molecular weight is 456 g/mol. The summed E-state index contributed by atoms with van der Waals surface area (Å²) in [5.41, 5.74) is -1.57. The van der Waals surface area contributed by atoms with Gasteiger partial charge in [-0.2, -0.15) is 27.1 Å². The van der Waals surface area contributed by atoms with E-state index < -0.39 is 40.8 Å². The van der Waals surface area contributed by atoms with Crippen LogP contribution in [0.2, 0.25) is 10.0 Å². The number of aliphatic hydroxyl groups excluding tert-OH is 1. The standard InChI is InChI=1S/C12H6BrCl2F5N2O2/c13-10-9(24-11(16)17)7(3-23)21-22(10)8-5(14)1-4(2-6(8)15)12(18,19)20/h1-2,11,23H,3H2. The van der Waals surface area contributed by atoms with Crippen LogP contribution in [-0.2, 0) is 12.8 Å². The highest BCUT2D eigenvalue weighted by Gasteiger charge is 2.33. The van der Waals surface area contributed by atoms with E-state index in [9.17, 15) is 22.0 Å². The Morgan fingerprint density at radius 2 is 1.79 bits per heavy atom. The second-order valence-corrected chi connectivity index (χ2v) is 5.87. The van der Waals surface area contributed by atoms with Crippen LogP contribution in [0.25, 0.3) is 5.69 Å². The Balaban J connectivity index is 2.63. The Morgan fingerprint density at radius 3 is 2.21 bits per heavy atom. The van der Waals surface area contributed by atoms with Gasteiger partial charge in [0.25, 0.3) is 0 Å². The van der Waals surface area contributed by atoms with Crippen molar-refractivity contribution in [3.8, 4) is 11.4 Å². The van der Waals surface area contributed by atoms with Crippen LogP contribution in [-0.4, -0.2) is 21.5 Å². The van der Waals surface area contributed by atoms with Crippen LogP contribution in [0.1, 0.15) is 11.3 Å². The van der Waals surface area contributed by atoms with Crippen LogP contribution in [0, 0.1) is 0 Å². The number of ether oxygens (including phenoxy) is 1. The fourth-order valence-electron chi connectivity index (χ4n) is 1.81. The van der Waals surface area contributed by atoms with E-state index in [0.717, 1.165) is 4.68 Å². The molecule has 1 heterocycles. The summed E-state index contributed by atoms with van der Waals surface area (Å²) in [6.45, 7) is -3.97. The molecular weight excluding hydrogens is 450 g/mol. The third-order valence-corrected chi connectivity index (χ3v) is 4.04. The van der Waals surface area contributed by atoms with Gasteiger partial charge in [0, 0.05) is 0 Å². The summed E-state index contributed by atoms with van der Waals surface area (Å²) in [6.07, 6.45) is -4.67. The second kappa shape index (κ2) is 7.03. The molecule has 2 rings (SSSR count). The first kappa shape index (κ1) is 19.2. The highest BCUT2D eigenvalue weighted by molar-refractivity contribution is 9.10. The lowest BCUT2D eigenvalue weighted by Gasteiger charge is -2.13. The minimum Gasteiger partial charge on any atom is -0.430 e. The zero-order valence-corrected chi connectivity index (χ0v) is 14.3. The number of hydrogen-bond acceptors (Lipinski definition) is 3. The van der Waals surface area contributed by atoms with Crippen LogP contribution in [0.5, 0.6) is 5.75 Å². The molecule has 0 spiro atoms. The van der Waals surface area contributed by atoms with E-state index in [1.165, 1.54) is 0 Å². The molecule has 0 aliphatic carbocycles. The van der Waals surface area contributed by atoms with Gasteiger partial charge in [-0.05, 0) is 28.1 Å². The Hall–Kier alpha value is -1.10. The molecule has 12 heteroatoms. The molecule has 132 valence electrons. The molecule has 0 radical (unpaired) electrons. The number of aliphatic hydroxyl groups is 1. The molecule has 24 heavy (non-hydrogen) atoms. The molecule has 0 saturated carbocycles. The van der Waals surface area contributed by atoms with Crippen LogP contribution < -0.4 is 4.74 Å². The number of alkyl halides is 5. The van der Waals surface area contributed by atoms with Crippen molar-refractivity contribution in [1.82, 2.24) is 9.78 Å². The molecule has 0 aliphatic rings. The van der Waals surface area contributed by atoms with Crippen molar-refractivity contribution in [2.75, 3.05) is 0 Å². The Morgan fingerprint density at radius 1 is 1.25 bits per heavy atom. The average Bonchev–Trinajstić information content (AvgIpc) is 2.74. The van der Waals surface area contributed by atoms with E-state index >= 15 is 0 Å². The molecule has 0 amide bonds. The number of nitrogens with zero attached hydrogens (tertiary/aromatic N) is 2. The van der Waals surface area contributed by atoms with Crippen molar-refractivity contribution < 1.29 is 31.8 Å². The van der Waals surface area contributed by atoms with E-state index in [1.807, 2.05) is 0 Å². The quantitative estimate of drug-likeness (QED) is 0.656. The van der Waals surface area contributed by atoms with Gasteiger partial charge in [-0.15, -0.1) is 0 Å². The van der Waals surface area contributed by atoms with E-state index in [2.05, 4.69) is 25.8 Å². The first-order valence-electron chi connectivity index (χ1n) is 5.96. The smallest absolute Gasteiger partial charge is 0.416 e. The third kappa shape index (κ3) is 3.76. The second-order valence-electron chi connectivity index (χ2n) is 4.30. The summed E-state index contributed by atoms with van der Waals surface area (Å²) < 4.78 is 68.0. The lowest BCUT2D eigenvalue weighted by atomic mass is 10.2. The molecule has 2 aromatic rings. The molecule has 0 bridgehead atoms. The van der Waals surface area contributed by atoms with E-state index in [-0.39, 0.29) is 16.0 Å². The summed E-state index contributed by atoms with van der Waals surface area (Å²) in [4.78, 5) is 0. The summed E-state index contributed by atoms with van der Waals surface area (Å²) >= 11 is 14.6. The maximum Gasteiger partial charge on any atom is 0.416 e. The zero-order valence-electron chi connectivity index (χ0n) is 11.2. The first-order valence-corrected chi connectivity index (χ1v) is 7.50. The van der Waals surface area contributed by atoms with E-state index in [4.69, 9.17) is 28.3 Å². The van der Waals surface area contributed by atoms with Crippen LogP contribution in [0.4, 0.5) is 22.0 Å². The minimum absolute atomic E-state index is 0.197. The van der Waals surface area contributed by atoms with Crippen molar-refractivity contribution in [3.63, 3.8) is 0 Å². The SMILES string of the molecule is OCc1nn(-c2c(Cl)cc(C(F)(F)F)cc2Cl)c(Br)c1OC(F)F. The van der Waals surface area contributed by atoms with Gasteiger partial charge in [0.1, 0.15) is 11.4 Å². The molecule has 0 atom stereocenters. The minimum atomic E-state index is -4.67. The van der Waals surface area contributed by atoms with Crippen LogP contribution in [0.15, 0.2) is 16.7 Å². The summed E-state index contributed by atoms with van der Waals surface area (Å²) in [5.74, 6) is -0.487. The van der Waals surface area contributed by atoms with Gasteiger partial charge in [-0.25, -0.2) is 4.68 Å². The third-order valence-electron chi connectivity index (χ3n) is 2.77. The van der Waals surface area contributed by atoms with Crippen LogP contribution in [0.3, 0.4) is 0 Å². The number of aromatic nitrogens is 2. The molecule has 4 nitrogen and oxygen atoms in total. The highest BCUT2D eigenvalue weighted by atomic mass is 79.9. The molecule has 1 N–H and O–H groups in total. The topological polar surface area (TPSA) is 47.3 Å². The number of benzene rings is 1. The Labute approximate surface area is 149 Å². The maximum absolute atomic E-state index is 12.7. The lowest BCUT2D eigenvalue weighted by molar-refractivity contribution is -0.137. The van der Waals surface area contributed by atoms with Gasteiger partial charge in [-0.3, -0.25) is 0 Å².